The third kappa shape index (κ3) is 2.81. The summed E-state index contributed by atoms with van der Waals surface area (Å²) >= 11 is 0. The number of nitrogens with zero attached hydrogens (tertiary/aromatic N) is 4. The number of imidazole rings is 1. The maximum absolute atomic E-state index is 11.9. The van der Waals surface area contributed by atoms with Crippen LogP contribution in [0.4, 0.5) is 5.82 Å². The monoisotopic (exact) mass is 262 g/mol. The van der Waals surface area contributed by atoms with Gasteiger partial charge in [-0.2, -0.15) is 0 Å². The number of fused-ring (bicyclic) bond motifs is 1. The highest BCUT2D eigenvalue weighted by Gasteiger charge is 2.13. The SMILES string of the molecule is CC(C)C(C)NC(=O)Cn1cnc2c(N)ncnc21. The molecular formula is C12H18N6O. The molecule has 1 atom stereocenters. The van der Waals surface area contributed by atoms with Crippen molar-refractivity contribution in [3.8, 4) is 0 Å². The Morgan fingerprint density at radius 3 is 2.79 bits per heavy atom. The predicted octanol–water partition coefficient (Wildman–Crippen LogP) is 0.569. The molecule has 2 heterocycles. The average Bonchev–Trinajstić information content (AvgIpc) is 2.73. The molecule has 0 aliphatic heterocycles. The average molecular weight is 262 g/mol. The fourth-order valence-corrected chi connectivity index (χ4v) is 1.64. The number of hydrogen-bond acceptors (Lipinski definition) is 5. The van der Waals surface area contributed by atoms with Crippen molar-refractivity contribution in [1.82, 2.24) is 24.8 Å². The second kappa shape index (κ2) is 5.21. The number of aromatic nitrogens is 4. The van der Waals surface area contributed by atoms with Gasteiger partial charge < -0.3 is 15.6 Å². The third-order valence-electron chi connectivity index (χ3n) is 3.13. The highest BCUT2D eigenvalue weighted by Crippen LogP contribution is 2.13. The summed E-state index contributed by atoms with van der Waals surface area (Å²) in [6.07, 6.45) is 2.92. The van der Waals surface area contributed by atoms with E-state index in [2.05, 4.69) is 34.1 Å². The first-order valence-corrected chi connectivity index (χ1v) is 6.19. The zero-order valence-electron chi connectivity index (χ0n) is 11.3. The molecule has 102 valence electrons. The van der Waals surface area contributed by atoms with Crippen LogP contribution in [0.3, 0.4) is 0 Å². The first kappa shape index (κ1) is 13.3. The van der Waals surface area contributed by atoms with Crippen molar-refractivity contribution in [2.75, 3.05) is 5.73 Å². The lowest BCUT2D eigenvalue weighted by molar-refractivity contribution is -0.122. The van der Waals surface area contributed by atoms with Gasteiger partial charge in [0.2, 0.25) is 5.91 Å². The summed E-state index contributed by atoms with van der Waals surface area (Å²) in [5, 5.41) is 2.93. The summed E-state index contributed by atoms with van der Waals surface area (Å²) in [6, 6.07) is 0.127. The van der Waals surface area contributed by atoms with Gasteiger partial charge in [0.25, 0.3) is 0 Å². The van der Waals surface area contributed by atoms with E-state index in [0.717, 1.165) is 0 Å². The van der Waals surface area contributed by atoms with Gasteiger partial charge in [-0.05, 0) is 12.8 Å². The molecule has 7 heteroatoms. The van der Waals surface area contributed by atoms with E-state index < -0.39 is 0 Å². The Labute approximate surface area is 111 Å². The van der Waals surface area contributed by atoms with Crippen LogP contribution in [-0.4, -0.2) is 31.5 Å². The molecule has 7 nitrogen and oxygen atoms in total. The summed E-state index contributed by atoms with van der Waals surface area (Å²) in [6.45, 7) is 6.27. The number of amides is 1. The molecule has 2 aromatic rings. The van der Waals surface area contributed by atoms with Crippen molar-refractivity contribution in [3.05, 3.63) is 12.7 Å². The molecule has 0 radical (unpaired) electrons. The number of rotatable bonds is 4. The first-order chi connectivity index (χ1) is 8.99. The molecule has 2 rings (SSSR count). The van der Waals surface area contributed by atoms with Crippen molar-refractivity contribution in [2.24, 2.45) is 5.92 Å². The highest BCUT2D eigenvalue weighted by atomic mass is 16.2. The standard InChI is InChI=1S/C12H18N6O/c1-7(2)8(3)17-9(19)4-18-6-16-10-11(13)14-5-15-12(10)18/h5-8H,4H2,1-3H3,(H,17,19)(H2,13,14,15). The minimum atomic E-state index is -0.0716. The number of nitrogens with two attached hydrogens (primary N) is 1. The molecular weight excluding hydrogens is 244 g/mol. The van der Waals surface area contributed by atoms with E-state index in [1.165, 1.54) is 6.33 Å². The molecule has 0 aliphatic carbocycles. The zero-order valence-corrected chi connectivity index (χ0v) is 11.3. The van der Waals surface area contributed by atoms with Gasteiger partial charge in [0, 0.05) is 6.04 Å². The van der Waals surface area contributed by atoms with Crippen molar-refractivity contribution >= 4 is 22.9 Å². The van der Waals surface area contributed by atoms with Gasteiger partial charge in [0.15, 0.2) is 11.5 Å². The Kier molecular flexibility index (Phi) is 3.64. The Morgan fingerprint density at radius 1 is 1.37 bits per heavy atom. The quantitative estimate of drug-likeness (QED) is 0.839. The van der Waals surface area contributed by atoms with Crippen LogP contribution >= 0.6 is 0 Å². The molecule has 3 N–H and O–H groups in total. The topological polar surface area (TPSA) is 98.7 Å². The van der Waals surface area contributed by atoms with Crippen LogP contribution in [0.5, 0.6) is 0 Å². The second-order valence-corrected chi connectivity index (χ2v) is 4.90. The van der Waals surface area contributed by atoms with Gasteiger partial charge in [-0.3, -0.25) is 4.79 Å². The highest BCUT2D eigenvalue weighted by molar-refractivity contribution is 5.83. The van der Waals surface area contributed by atoms with Crippen molar-refractivity contribution in [2.45, 2.75) is 33.4 Å². The predicted molar refractivity (Wildman–Crippen MR) is 72.2 cm³/mol. The van der Waals surface area contributed by atoms with Crippen LogP contribution in [0, 0.1) is 5.92 Å². The smallest absolute Gasteiger partial charge is 0.240 e. The van der Waals surface area contributed by atoms with E-state index in [0.29, 0.717) is 22.9 Å². The molecule has 0 saturated carbocycles. The first-order valence-electron chi connectivity index (χ1n) is 6.19. The lowest BCUT2D eigenvalue weighted by Gasteiger charge is -2.17. The summed E-state index contributed by atoms with van der Waals surface area (Å²) in [7, 11) is 0. The molecule has 0 aromatic carbocycles. The second-order valence-electron chi connectivity index (χ2n) is 4.90. The molecule has 0 spiro atoms. The third-order valence-corrected chi connectivity index (χ3v) is 3.13. The fourth-order valence-electron chi connectivity index (χ4n) is 1.64. The van der Waals surface area contributed by atoms with Crippen molar-refractivity contribution < 1.29 is 4.79 Å². The molecule has 1 unspecified atom stereocenters. The molecule has 0 aliphatic rings. The van der Waals surface area contributed by atoms with E-state index in [4.69, 9.17) is 5.73 Å². The normalized spacial score (nSPS) is 12.8. The van der Waals surface area contributed by atoms with E-state index >= 15 is 0 Å². The Hall–Kier alpha value is -2.18. The van der Waals surface area contributed by atoms with Gasteiger partial charge >= 0.3 is 0 Å². The van der Waals surface area contributed by atoms with E-state index in [1.54, 1.807) is 10.9 Å². The van der Waals surface area contributed by atoms with Crippen LogP contribution in [0.25, 0.3) is 11.2 Å². The Bertz CT molecular complexity index is 591. The maximum Gasteiger partial charge on any atom is 0.240 e. The largest absolute Gasteiger partial charge is 0.382 e. The van der Waals surface area contributed by atoms with Gasteiger partial charge in [-0.1, -0.05) is 13.8 Å². The molecule has 0 bridgehead atoms. The van der Waals surface area contributed by atoms with Crippen molar-refractivity contribution in [3.63, 3.8) is 0 Å². The van der Waals surface area contributed by atoms with Crippen LogP contribution < -0.4 is 11.1 Å². The number of carbonyl (C=O) groups is 1. The van der Waals surface area contributed by atoms with Gasteiger partial charge in [-0.25, -0.2) is 15.0 Å². The summed E-state index contributed by atoms with van der Waals surface area (Å²) in [4.78, 5) is 24.0. The minimum Gasteiger partial charge on any atom is -0.382 e. The van der Waals surface area contributed by atoms with Gasteiger partial charge in [0.1, 0.15) is 18.4 Å². The minimum absolute atomic E-state index is 0.0716. The Balaban J connectivity index is 2.14. The van der Waals surface area contributed by atoms with E-state index in [-0.39, 0.29) is 18.5 Å². The molecule has 2 aromatic heterocycles. The maximum atomic E-state index is 11.9. The number of anilines is 1. The molecule has 19 heavy (non-hydrogen) atoms. The summed E-state index contributed by atoms with van der Waals surface area (Å²) < 4.78 is 1.66. The number of carbonyl (C=O) groups excluding carboxylic acids is 1. The number of nitrogen functional groups attached to an aromatic ring is 1. The number of hydrogen-bond donors (Lipinski definition) is 2. The fraction of sp³-hybridized carbons (Fsp3) is 0.500. The molecule has 0 saturated heterocycles. The molecule has 1 amide bonds. The summed E-state index contributed by atoms with van der Waals surface area (Å²) in [5.74, 6) is 0.638. The van der Waals surface area contributed by atoms with Crippen LogP contribution in [0.2, 0.25) is 0 Å². The van der Waals surface area contributed by atoms with Crippen LogP contribution in [0.15, 0.2) is 12.7 Å². The lowest BCUT2D eigenvalue weighted by Crippen LogP contribution is -2.38. The zero-order chi connectivity index (χ0) is 14.0. The van der Waals surface area contributed by atoms with Crippen LogP contribution in [-0.2, 0) is 11.3 Å². The summed E-state index contributed by atoms with van der Waals surface area (Å²) in [5.41, 5.74) is 6.78. The van der Waals surface area contributed by atoms with E-state index in [9.17, 15) is 4.79 Å². The van der Waals surface area contributed by atoms with Gasteiger partial charge in [0.05, 0.1) is 6.33 Å². The van der Waals surface area contributed by atoms with Gasteiger partial charge in [-0.15, -0.1) is 0 Å². The Morgan fingerprint density at radius 2 is 2.11 bits per heavy atom. The lowest BCUT2D eigenvalue weighted by atomic mass is 10.1. The van der Waals surface area contributed by atoms with Crippen molar-refractivity contribution in [1.29, 1.82) is 0 Å². The number of nitrogens with one attached hydrogen (secondary N) is 1. The van der Waals surface area contributed by atoms with E-state index in [1.807, 2.05) is 6.92 Å². The van der Waals surface area contributed by atoms with Crippen LogP contribution in [0.1, 0.15) is 20.8 Å². The molecule has 0 fully saturated rings.